The van der Waals surface area contributed by atoms with Crippen molar-refractivity contribution in [1.82, 2.24) is 10.2 Å². The number of likely N-dealkylation sites (tertiary alicyclic amines) is 1. The number of carbonyl (C=O) groups is 1. The fourth-order valence-electron chi connectivity index (χ4n) is 2.22. The van der Waals surface area contributed by atoms with Crippen LogP contribution in [-0.2, 0) is 15.6 Å². The van der Waals surface area contributed by atoms with Crippen LogP contribution in [0.25, 0.3) is 0 Å². The largest absolute Gasteiger partial charge is 0.341 e. The van der Waals surface area contributed by atoms with Crippen molar-refractivity contribution in [3.05, 3.63) is 0 Å². The van der Waals surface area contributed by atoms with E-state index in [0.717, 1.165) is 32.4 Å². The van der Waals surface area contributed by atoms with E-state index in [-0.39, 0.29) is 17.2 Å². The molecule has 3 atom stereocenters. The Hall–Kier alpha value is -0.420. The lowest BCUT2D eigenvalue weighted by Gasteiger charge is -2.34. The van der Waals surface area contributed by atoms with Crippen molar-refractivity contribution in [3.8, 4) is 0 Å². The lowest BCUT2D eigenvalue weighted by Crippen LogP contribution is -2.52. The van der Waals surface area contributed by atoms with E-state index in [1.807, 2.05) is 11.8 Å². The first-order chi connectivity index (χ1) is 8.41. The molecule has 5 heteroatoms. The lowest BCUT2D eigenvalue weighted by molar-refractivity contribution is -0.136. The molecule has 1 aliphatic rings. The normalized spacial score (nSPS) is 24.4. The first kappa shape index (κ1) is 15.6. The highest BCUT2D eigenvalue weighted by atomic mass is 32.2. The smallest absolute Gasteiger partial charge is 0.239 e. The Balaban J connectivity index is 2.45. The molecule has 0 spiro atoms. The second-order valence-corrected chi connectivity index (χ2v) is 7.24. The van der Waals surface area contributed by atoms with Gasteiger partial charge in [-0.2, -0.15) is 0 Å². The highest BCUT2D eigenvalue weighted by Crippen LogP contribution is 2.14. The van der Waals surface area contributed by atoms with Crippen LogP contribution in [0.2, 0.25) is 0 Å². The third kappa shape index (κ3) is 4.69. The average molecular weight is 274 g/mol. The molecular weight excluding hydrogens is 248 g/mol. The van der Waals surface area contributed by atoms with Gasteiger partial charge in [0.15, 0.2) is 0 Å². The molecule has 1 rings (SSSR count). The summed E-state index contributed by atoms with van der Waals surface area (Å²) in [6.07, 6.45) is 4.54. The summed E-state index contributed by atoms with van der Waals surface area (Å²) < 4.78 is 11.3. The maximum Gasteiger partial charge on any atom is 0.239 e. The zero-order valence-corrected chi connectivity index (χ0v) is 12.8. The van der Waals surface area contributed by atoms with Crippen molar-refractivity contribution < 1.29 is 9.00 Å². The summed E-state index contributed by atoms with van der Waals surface area (Å²) in [6.45, 7) is 7.69. The van der Waals surface area contributed by atoms with Gasteiger partial charge in [0.25, 0.3) is 0 Å². The van der Waals surface area contributed by atoms with Gasteiger partial charge < -0.3 is 10.2 Å². The van der Waals surface area contributed by atoms with Crippen LogP contribution in [0.5, 0.6) is 0 Å². The number of nitrogens with zero attached hydrogens (tertiary/aromatic N) is 1. The van der Waals surface area contributed by atoms with Crippen molar-refractivity contribution in [2.75, 3.05) is 19.3 Å². The molecule has 106 valence electrons. The number of rotatable bonds is 6. The minimum absolute atomic E-state index is 0.0267. The maximum atomic E-state index is 12.2. The highest BCUT2D eigenvalue weighted by molar-refractivity contribution is 7.84. The average Bonchev–Trinajstić information content (AvgIpc) is 2.29. The van der Waals surface area contributed by atoms with Crippen molar-refractivity contribution in [1.29, 1.82) is 0 Å². The minimum Gasteiger partial charge on any atom is -0.341 e. The van der Waals surface area contributed by atoms with Gasteiger partial charge in [-0.25, -0.2) is 0 Å². The van der Waals surface area contributed by atoms with Crippen LogP contribution >= 0.6 is 0 Å². The van der Waals surface area contributed by atoms with Gasteiger partial charge in [-0.1, -0.05) is 20.8 Å². The quantitative estimate of drug-likeness (QED) is 0.790. The molecule has 0 aromatic heterocycles. The first-order valence-electron chi connectivity index (χ1n) is 6.79. The number of nitrogens with one attached hydrogen (secondary N) is 1. The topological polar surface area (TPSA) is 49.4 Å². The minimum atomic E-state index is -0.797. The number of hydrogen-bond acceptors (Lipinski definition) is 3. The molecule has 0 bridgehead atoms. The van der Waals surface area contributed by atoms with Crippen molar-refractivity contribution in [2.24, 2.45) is 0 Å². The zero-order chi connectivity index (χ0) is 13.7. The van der Waals surface area contributed by atoms with Crippen LogP contribution in [-0.4, -0.2) is 51.7 Å². The standard InChI is InChI=1S/C13H26N2O2S/c1-10(2)14-12-6-5-8-15(13(12)16)9-7-11(3)18(4)17/h10-12,14H,5-9H2,1-4H3. The van der Waals surface area contributed by atoms with Crippen LogP contribution < -0.4 is 5.32 Å². The molecule has 1 amide bonds. The summed E-state index contributed by atoms with van der Waals surface area (Å²) in [6, 6.07) is 0.308. The Bertz CT molecular complexity index is 307. The summed E-state index contributed by atoms with van der Waals surface area (Å²) in [5.74, 6) is 0.212. The van der Waals surface area contributed by atoms with E-state index in [9.17, 15) is 9.00 Å². The van der Waals surface area contributed by atoms with Crippen LogP contribution in [0.3, 0.4) is 0 Å². The van der Waals surface area contributed by atoms with Gasteiger partial charge in [0.05, 0.1) is 6.04 Å². The first-order valence-corrected chi connectivity index (χ1v) is 8.41. The van der Waals surface area contributed by atoms with Gasteiger partial charge in [-0.3, -0.25) is 9.00 Å². The Morgan fingerprint density at radius 3 is 2.67 bits per heavy atom. The van der Waals surface area contributed by atoms with Crippen molar-refractivity contribution in [2.45, 2.75) is 57.4 Å². The van der Waals surface area contributed by atoms with Gasteiger partial charge in [0.2, 0.25) is 5.91 Å². The van der Waals surface area contributed by atoms with Gasteiger partial charge in [-0.15, -0.1) is 0 Å². The molecule has 0 aromatic carbocycles. The van der Waals surface area contributed by atoms with Crippen LogP contribution in [0.1, 0.15) is 40.0 Å². The Morgan fingerprint density at radius 2 is 2.11 bits per heavy atom. The summed E-state index contributed by atoms with van der Waals surface area (Å²) in [7, 11) is -0.797. The van der Waals surface area contributed by atoms with Gasteiger partial charge in [-0.05, 0) is 19.3 Å². The lowest BCUT2D eigenvalue weighted by atomic mass is 10.0. The Morgan fingerprint density at radius 1 is 1.44 bits per heavy atom. The number of hydrogen-bond donors (Lipinski definition) is 1. The SMILES string of the molecule is CC(C)NC1CCCN(CCC(C)S(C)=O)C1=O. The number of carbonyl (C=O) groups excluding carboxylic acids is 1. The van der Waals surface area contributed by atoms with E-state index in [2.05, 4.69) is 19.2 Å². The van der Waals surface area contributed by atoms with E-state index in [0.29, 0.717) is 6.04 Å². The highest BCUT2D eigenvalue weighted by Gasteiger charge is 2.28. The van der Waals surface area contributed by atoms with E-state index in [4.69, 9.17) is 0 Å². The van der Waals surface area contributed by atoms with Crippen LogP contribution in [0, 0.1) is 0 Å². The van der Waals surface area contributed by atoms with Crippen LogP contribution in [0.15, 0.2) is 0 Å². The molecule has 1 heterocycles. The summed E-state index contributed by atoms with van der Waals surface area (Å²) in [4.78, 5) is 14.2. The molecule has 1 N–H and O–H groups in total. The van der Waals surface area contributed by atoms with Gasteiger partial charge >= 0.3 is 0 Å². The second kappa shape index (κ2) is 7.24. The molecule has 18 heavy (non-hydrogen) atoms. The fourth-order valence-corrected chi connectivity index (χ4v) is 2.66. The molecule has 1 fully saturated rings. The second-order valence-electron chi connectivity index (χ2n) is 5.44. The monoisotopic (exact) mass is 274 g/mol. The molecule has 1 saturated heterocycles. The van der Waals surface area contributed by atoms with Crippen LogP contribution in [0.4, 0.5) is 0 Å². The predicted molar refractivity (Wildman–Crippen MR) is 76.0 cm³/mol. The zero-order valence-electron chi connectivity index (χ0n) is 11.9. The molecule has 4 nitrogen and oxygen atoms in total. The number of amides is 1. The molecule has 3 unspecified atom stereocenters. The van der Waals surface area contributed by atoms with Gasteiger partial charge in [0.1, 0.15) is 0 Å². The summed E-state index contributed by atoms with van der Waals surface area (Å²) >= 11 is 0. The van der Waals surface area contributed by atoms with E-state index in [1.165, 1.54) is 0 Å². The summed E-state index contributed by atoms with van der Waals surface area (Å²) in [5.41, 5.74) is 0. The Labute approximate surface area is 113 Å². The van der Waals surface area contributed by atoms with Crippen molar-refractivity contribution in [3.63, 3.8) is 0 Å². The molecule has 1 aliphatic heterocycles. The Kier molecular flexibility index (Phi) is 6.29. The van der Waals surface area contributed by atoms with Crippen molar-refractivity contribution >= 4 is 16.7 Å². The molecular formula is C13H26N2O2S. The molecule has 0 aromatic rings. The van der Waals surface area contributed by atoms with E-state index in [1.54, 1.807) is 6.26 Å². The molecule has 0 saturated carbocycles. The maximum absolute atomic E-state index is 12.2. The predicted octanol–water partition coefficient (Wildman–Crippen LogP) is 1.13. The summed E-state index contributed by atoms with van der Waals surface area (Å²) in [5, 5.41) is 3.48. The third-order valence-electron chi connectivity index (χ3n) is 3.44. The van der Waals surface area contributed by atoms with Gasteiger partial charge in [0, 0.05) is 41.4 Å². The molecule has 0 aliphatic carbocycles. The van der Waals surface area contributed by atoms with E-state index < -0.39 is 10.8 Å². The third-order valence-corrected chi connectivity index (χ3v) is 4.81. The molecule has 0 radical (unpaired) electrons. The number of piperidine rings is 1. The fraction of sp³-hybridized carbons (Fsp3) is 0.923. The van der Waals surface area contributed by atoms with E-state index >= 15 is 0 Å².